The molecule has 2 aliphatic carbocycles. The van der Waals surface area contributed by atoms with E-state index in [9.17, 15) is 0 Å². The fraction of sp³-hybridized carbons (Fsp3) is 0.895. The average Bonchev–Trinajstić information content (AvgIpc) is 2.67. The first-order chi connectivity index (χ1) is 8.95. The molecule has 0 aromatic rings. The summed E-state index contributed by atoms with van der Waals surface area (Å²) in [4.78, 5) is 0. The van der Waals surface area contributed by atoms with Crippen molar-refractivity contribution in [2.24, 2.45) is 29.1 Å². The maximum Gasteiger partial charge on any atom is 0 e. The number of allylic oxidation sites excluding steroid dienone is 1. The third kappa shape index (κ3) is 4.91. The number of hydrogen-bond donors (Lipinski definition) is 0. The Kier molecular flexibility index (Phi) is 9.59. The molecule has 0 unspecified atom stereocenters. The van der Waals surface area contributed by atoms with Gasteiger partial charge in [0.15, 0.2) is 0 Å². The standard InChI is InChI=1S/C19H33.BrH.Zn/c1-14(2)8-6-9-15(3)17-11-12-18-16(4)10-7-13-19(17,18)5;;/h4,14-15,17-18H,6-13H2,1-3,5H3;1H;/p-1/t15-,17-,18+,19-;;/m1../s1. The van der Waals surface area contributed by atoms with Gasteiger partial charge in [-0.25, -0.2) is 0 Å². The summed E-state index contributed by atoms with van der Waals surface area (Å²) in [5, 5.41) is 0. The Morgan fingerprint density at radius 2 is 1.86 bits per heavy atom. The molecule has 2 aliphatic rings. The zero-order valence-electron chi connectivity index (χ0n) is 14.6. The summed E-state index contributed by atoms with van der Waals surface area (Å²) in [6.07, 6.45) is 10.9. The van der Waals surface area contributed by atoms with Gasteiger partial charge in [0.1, 0.15) is 0 Å². The van der Waals surface area contributed by atoms with Crippen LogP contribution in [0.5, 0.6) is 0 Å². The fourth-order valence-corrected chi connectivity index (χ4v) is 5.06. The van der Waals surface area contributed by atoms with Crippen LogP contribution < -0.4 is 17.0 Å². The van der Waals surface area contributed by atoms with E-state index in [0.29, 0.717) is 5.41 Å². The second kappa shape index (κ2) is 9.22. The van der Waals surface area contributed by atoms with Crippen molar-refractivity contribution in [3.63, 3.8) is 0 Å². The molecule has 2 saturated carbocycles. The monoisotopic (exact) mass is 404 g/mol. The van der Waals surface area contributed by atoms with E-state index in [2.05, 4.69) is 27.7 Å². The number of rotatable bonds is 5. The Morgan fingerprint density at radius 3 is 2.48 bits per heavy atom. The Labute approximate surface area is 156 Å². The van der Waals surface area contributed by atoms with E-state index in [1.807, 2.05) is 0 Å². The van der Waals surface area contributed by atoms with E-state index in [1.165, 1.54) is 56.9 Å². The quantitative estimate of drug-likeness (QED) is 0.616. The molecule has 0 N–H and O–H groups in total. The van der Waals surface area contributed by atoms with Crippen LogP contribution >= 0.6 is 0 Å². The molecule has 0 aromatic heterocycles. The molecule has 0 amide bonds. The summed E-state index contributed by atoms with van der Waals surface area (Å²) < 4.78 is 0. The van der Waals surface area contributed by atoms with E-state index >= 15 is 0 Å². The molecule has 0 saturated heterocycles. The number of hydrogen-bond acceptors (Lipinski definition) is 0. The average molecular weight is 407 g/mol. The normalized spacial score (nSPS) is 33.1. The third-order valence-corrected chi connectivity index (χ3v) is 6.17. The fourth-order valence-electron chi connectivity index (χ4n) is 5.06. The second-order valence-electron chi connectivity index (χ2n) is 7.97. The van der Waals surface area contributed by atoms with E-state index in [0.717, 1.165) is 23.7 Å². The summed E-state index contributed by atoms with van der Waals surface area (Å²) in [7, 11) is 0. The second-order valence-corrected chi connectivity index (χ2v) is 7.97. The molecule has 2 fully saturated rings. The van der Waals surface area contributed by atoms with Gasteiger partial charge in [0.2, 0.25) is 0 Å². The molecule has 1 radical (unpaired) electrons. The van der Waals surface area contributed by atoms with Gasteiger partial charge in [-0.3, -0.25) is 0 Å². The van der Waals surface area contributed by atoms with Crippen molar-refractivity contribution in [1.29, 1.82) is 0 Å². The summed E-state index contributed by atoms with van der Waals surface area (Å²) in [6.45, 7) is 16.1. The maximum absolute atomic E-state index is 6.32. The molecule has 2 rings (SSSR count). The van der Waals surface area contributed by atoms with Crippen LogP contribution in [0.4, 0.5) is 0 Å². The first-order valence-corrected chi connectivity index (χ1v) is 8.56. The van der Waals surface area contributed by atoms with E-state index in [-0.39, 0.29) is 36.5 Å². The van der Waals surface area contributed by atoms with Gasteiger partial charge in [0, 0.05) is 19.5 Å². The van der Waals surface area contributed by atoms with Gasteiger partial charge >= 0.3 is 0 Å². The summed E-state index contributed by atoms with van der Waals surface area (Å²) >= 11 is 0. The summed E-state index contributed by atoms with van der Waals surface area (Å²) in [5.41, 5.74) is 1.85. The molecule has 119 valence electrons. The van der Waals surface area contributed by atoms with Crippen molar-refractivity contribution in [3.8, 4) is 0 Å². The zero-order chi connectivity index (χ0) is 14.0. The number of fused-ring (bicyclic) bond motifs is 1. The van der Waals surface area contributed by atoms with Crippen molar-refractivity contribution < 1.29 is 36.5 Å². The molecule has 21 heavy (non-hydrogen) atoms. The van der Waals surface area contributed by atoms with Crippen LogP contribution in [0, 0.1) is 35.7 Å². The molecular weight excluding hydrogens is 374 g/mol. The van der Waals surface area contributed by atoms with Gasteiger partial charge in [0.25, 0.3) is 0 Å². The molecule has 2 heteroatoms. The SMILES string of the molecule is [Br-].[CH]=C1CCC[C@]2(C)[C@@H]([C@H](C)CCCC(C)C)CC[C@@H]12.[Zn]. The van der Waals surface area contributed by atoms with Crippen LogP contribution in [-0.2, 0) is 19.5 Å². The molecule has 0 nitrogen and oxygen atoms in total. The summed E-state index contributed by atoms with van der Waals surface area (Å²) in [5.74, 6) is 3.40. The largest absolute Gasteiger partial charge is 1.00 e. The van der Waals surface area contributed by atoms with Crippen LogP contribution in [-0.4, -0.2) is 0 Å². The molecule has 0 heterocycles. The van der Waals surface area contributed by atoms with Gasteiger partial charge in [-0.05, 0) is 61.2 Å². The predicted molar refractivity (Wildman–Crippen MR) is 83.8 cm³/mol. The molecule has 0 aromatic carbocycles. The Morgan fingerprint density at radius 1 is 1.19 bits per heavy atom. The zero-order valence-corrected chi connectivity index (χ0v) is 19.2. The van der Waals surface area contributed by atoms with Crippen molar-refractivity contribution in [3.05, 3.63) is 12.2 Å². The van der Waals surface area contributed by atoms with Crippen LogP contribution in [0.2, 0.25) is 0 Å². The minimum atomic E-state index is 0. The van der Waals surface area contributed by atoms with Crippen molar-refractivity contribution in [2.75, 3.05) is 0 Å². The molecule has 4 atom stereocenters. The molecule has 0 bridgehead atoms. The van der Waals surface area contributed by atoms with E-state index in [4.69, 9.17) is 6.58 Å². The molecule has 0 aliphatic heterocycles. The predicted octanol–water partition coefficient (Wildman–Crippen LogP) is 3.03. The van der Waals surface area contributed by atoms with Crippen LogP contribution in [0.1, 0.15) is 79.1 Å². The maximum atomic E-state index is 6.32. The minimum absolute atomic E-state index is 0. The van der Waals surface area contributed by atoms with Gasteiger partial charge in [-0.15, -0.1) is 0 Å². The third-order valence-electron chi connectivity index (χ3n) is 6.17. The topological polar surface area (TPSA) is 0 Å². The van der Waals surface area contributed by atoms with E-state index < -0.39 is 0 Å². The first kappa shape index (κ1) is 21.8. The molecule has 0 spiro atoms. The molecular formula is C19H33BrZn-. The van der Waals surface area contributed by atoms with E-state index in [1.54, 1.807) is 0 Å². The minimum Gasteiger partial charge on any atom is -1.00 e. The number of halogens is 1. The first-order valence-electron chi connectivity index (χ1n) is 8.56. The van der Waals surface area contributed by atoms with Crippen LogP contribution in [0.25, 0.3) is 0 Å². The van der Waals surface area contributed by atoms with Crippen molar-refractivity contribution in [1.82, 2.24) is 0 Å². The van der Waals surface area contributed by atoms with Crippen LogP contribution in [0.15, 0.2) is 5.57 Å². The van der Waals surface area contributed by atoms with Gasteiger partial charge in [-0.2, -0.15) is 0 Å². The van der Waals surface area contributed by atoms with Gasteiger partial charge in [0.05, 0.1) is 0 Å². The smallest absolute Gasteiger partial charge is 0 e. The van der Waals surface area contributed by atoms with Gasteiger partial charge in [-0.1, -0.05) is 59.1 Å². The Balaban J connectivity index is 0.00000200. The van der Waals surface area contributed by atoms with Crippen molar-refractivity contribution >= 4 is 0 Å². The van der Waals surface area contributed by atoms with Gasteiger partial charge < -0.3 is 17.0 Å². The Hall–Kier alpha value is 0.843. The van der Waals surface area contributed by atoms with Crippen LogP contribution in [0.3, 0.4) is 0 Å². The Bertz CT molecular complexity index is 326. The summed E-state index contributed by atoms with van der Waals surface area (Å²) in [6, 6.07) is 0. The van der Waals surface area contributed by atoms with Crippen molar-refractivity contribution in [2.45, 2.75) is 79.1 Å².